The van der Waals surface area contributed by atoms with E-state index in [0.29, 0.717) is 0 Å². The molecule has 4 atom stereocenters. The normalized spacial score (nSPS) is 27.0. The Morgan fingerprint density at radius 2 is 1.58 bits per heavy atom. The van der Waals surface area contributed by atoms with Gasteiger partial charge in [-0.15, -0.1) is 0 Å². The number of aliphatic hydroxyl groups is 2. The van der Waals surface area contributed by atoms with Crippen LogP contribution in [0.3, 0.4) is 0 Å². The van der Waals surface area contributed by atoms with E-state index in [9.17, 15) is 10.2 Å². The zero-order valence-corrected chi connectivity index (χ0v) is 16.4. The van der Waals surface area contributed by atoms with Crippen LogP contribution in [0.1, 0.15) is 52.0 Å². The molecule has 1 aliphatic rings. The van der Waals surface area contributed by atoms with Crippen molar-refractivity contribution in [3.63, 3.8) is 0 Å². The number of hydrogen-bond acceptors (Lipinski definition) is 2. The standard InChI is InChI=1S/C24H34O2/c1-18(12-14-21-10-5-4-6-11-21)8-7-9-19(2)13-15-22-20(3)23(25)16-17-24(22)26/h4-6,8,10-11,13,16-17,20,22-26H,7,9,12,14-15H2,1-3H3/b18-8+,19-13+/t20?,22-,23?,24?/m0/s1. The first kappa shape index (κ1) is 20.7. The van der Waals surface area contributed by atoms with E-state index in [0.717, 1.165) is 32.1 Å². The van der Waals surface area contributed by atoms with E-state index in [1.165, 1.54) is 16.7 Å². The molecular weight excluding hydrogens is 320 g/mol. The summed E-state index contributed by atoms with van der Waals surface area (Å²) in [5, 5.41) is 20.1. The van der Waals surface area contributed by atoms with Gasteiger partial charge in [-0.1, -0.05) is 72.7 Å². The summed E-state index contributed by atoms with van der Waals surface area (Å²) >= 11 is 0. The Morgan fingerprint density at radius 3 is 2.31 bits per heavy atom. The molecule has 2 rings (SSSR count). The van der Waals surface area contributed by atoms with Gasteiger partial charge in [0.1, 0.15) is 0 Å². The number of allylic oxidation sites excluding steroid dienone is 4. The third-order valence-electron chi connectivity index (χ3n) is 5.58. The Kier molecular flexibility index (Phi) is 8.34. The Hall–Kier alpha value is -1.64. The molecule has 2 N–H and O–H groups in total. The van der Waals surface area contributed by atoms with Crippen LogP contribution in [0.4, 0.5) is 0 Å². The van der Waals surface area contributed by atoms with Gasteiger partial charge in [-0.05, 0) is 63.4 Å². The first-order chi connectivity index (χ1) is 12.5. The first-order valence-corrected chi connectivity index (χ1v) is 9.87. The molecule has 0 bridgehead atoms. The highest BCUT2D eigenvalue weighted by Crippen LogP contribution is 2.29. The average Bonchev–Trinajstić information content (AvgIpc) is 2.64. The molecule has 2 heteroatoms. The average molecular weight is 355 g/mol. The van der Waals surface area contributed by atoms with E-state index >= 15 is 0 Å². The number of aliphatic hydroxyl groups excluding tert-OH is 2. The lowest BCUT2D eigenvalue weighted by Gasteiger charge is -2.32. The largest absolute Gasteiger partial charge is 0.389 e. The summed E-state index contributed by atoms with van der Waals surface area (Å²) < 4.78 is 0. The van der Waals surface area contributed by atoms with Crippen molar-refractivity contribution < 1.29 is 10.2 Å². The molecule has 1 aliphatic carbocycles. The van der Waals surface area contributed by atoms with E-state index in [1.54, 1.807) is 12.2 Å². The maximum Gasteiger partial charge on any atom is 0.0756 e. The maximum absolute atomic E-state index is 10.1. The highest BCUT2D eigenvalue weighted by atomic mass is 16.3. The molecule has 0 radical (unpaired) electrons. The van der Waals surface area contributed by atoms with Gasteiger partial charge in [-0.3, -0.25) is 0 Å². The van der Waals surface area contributed by atoms with Crippen LogP contribution >= 0.6 is 0 Å². The zero-order valence-electron chi connectivity index (χ0n) is 16.4. The Bertz CT molecular complexity index is 627. The molecule has 2 nitrogen and oxygen atoms in total. The lowest BCUT2D eigenvalue weighted by molar-refractivity contribution is 0.0432. The summed E-state index contributed by atoms with van der Waals surface area (Å²) in [5.41, 5.74) is 4.21. The van der Waals surface area contributed by atoms with Gasteiger partial charge in [0.2, 0.25) is 0 Å². The van der Waals surface area contributed by atoms with Gasteiger partial charge in [-0.2, -0.15) is 0 Å². The molecule has 142 valence electrons. The second-order valence-corrected chi connectivity index (χ2v) is 7.75. The molecule has 0 saturated heterocycles. The summed E-state index contributed by atoms with van der Waals surface area (Å²) in [7, 11) is 0. The van der Waals surface area contributed by atoms with Crippen LogP contribution in [0.15, 0.2) is 65.8 Å². The fourth-order valence-electron chi connectivity index (χ4n) is 3.54. The smallest absolute Gasteiger partial charge is 0.0756 e. The highest BCUT2D eigenvalue weighted by Gasteiger charge is 2.30. The van der Waals surface area contributed by atoms with E-state index in [1.807, 2.05) is 6.92 Å². The predicted octanol–water partition coefficient (Wildman–Crippen LogP) is 5.23. The summed E-state index contributed by atoms with van der Waals surface area (Å²) in [6, 6.07) is 10.6. The Morgan fingerprint density at radius 1 is 0.923 bits per heavy atom. The van der Waals surface area contributed by atoms with Gasteiger partial charge in [0.05, 0.1) is 12.2 Å². The summed E-state index contributed by atoms with van der Waals surface area (Å²) in [6.45, 7) is 6.40. The number of hydrogen-bond donors (Lipinski definition) is 2. The van der Waals surface area contributed by atoms with Crippen LogP contribution in [0, 0.1) is 11.8 Å². The molecular formula is C24H34O2. The molecule has 1 aromatic rings. The van der Waals surface area contributed by atoms with Crippen molar-refractivity contribution in [2.75, 3.05) is 0 Å². The van der Waals surface area contributed by atoms with Gasteiger partial charge < -0.3 is 10.2 Å². The quantitative estimate of drug-likeness (QED) is 0.628. The SMILES string of the molecule is C/C(=C\C[C@@H]1C(O)C=CC(O)C1C)CC/C=C(\C)CCc1ccccc1. The first-order valence-electron chi connectivity index (χ1n) is 9.87. The molecule has 0 fully saturated rings. The predicted molar refractivity (Wildman–Crippen MR) is 110 cm³/mol. The van der Waals surface area contributed by atoms with Gasteiger partial charge in [0.15, 0.2) is 0 Å². The van der Waals surface area contributed by atoms with Crippen molar-refractivity contribution in [3.8, 4) is 0 Å². The lowest BCUT2D eigenvalue weighted by Crippen LogP contribution is -2.35. The van der Waals surface area contributed by atoms with Gasteiger partial charge in [0, 0.05) is 0 Å². The summed E-state index contributed by atoms with van der Waals surface area (Å²) in [4.78, 5) is 0. The van der Waals surface area contributed by atoms with Crippen LogP contribution in [-0.2, 0) is 6.42 Å². The van der Waals surface area contributed by atoms with E-state index in [-0.39, 0.29) is 11.8 Å². The molecule has 0 heterocycles. The summed E-state index contributed by atoms with van der Waals surface area (Å²) in [6.07, 6.45) is 12.3. The van der Waals surface area contributed by atoms with Crippen molar-refractivity contribution in [2.24, 2.45) is 11.8 Å². The number of rotatable bonds is 8. The lowest BCUT2D eigenvalue weighted by atomic mass is 9.78. The second-order valence-electron chi connectivity index (χ2n) is 7.75. The fraction of sp³-hybridized carbons (Fsp3) is 0.500. The number of aryl methyl sites for hydroxylation is 1. The third kappa shape index (κ3) is 6.59. The molecule has 3 unspecified atom stereocenters. The van der Waals surface area contributed by atoms with E-state index in [4.69, 9.17) is 0 Å². The molecule has 0 saturated carbocycles. The van der Waals surface area contributed by atoms with Crippen LogP contribution < -0.4 is 0 Å². The third-order valence-corrected chi connectivity index (χ3v) is 5.58. The van der Waals surface area contributed by atoms with Crippen molar-refractivity contribution >= 4 is 0 Å². The highest BCUT2D eigenvalue weighted by molar-refractivity contribution is 5.16. The van der Waals surface area contributed by atoms with Gasteiger partial charge in [0.25, 0.3) is 0 Å². The summed E-state index contributed by atoms with van der Waals surface area (Å²) in [5.74, 6) is 0.201. The minimum Gasteiger partial charge on any atom is -0.389 e. The molecule has 0 aliphatic heterocycles. The van der Waals surface area contributed by atoms with Crippen molar-refractivity contribution in [3.05, 3.63) is 71.3 Å². The molecule has 1 aromatic carbocycles. The Labute approximate surface area is 159 Å². The minimum absolute atomic E-state index is 0.0965. The van der Waals surface area contributed by atoms with E-state index < -0.39 is 12.2 Å². The van der Waals surface area contributed by atoms with Crippen LogP contribution in [0.2, 0.25) is 0 Å². The molecule has 0 spiro atoms. The maximum atomic E-state index is 10.1. The van der Waals surface area contributed by atoms with Crippen molar-refractivity contribution in [1.29, 1.82) is 0 Å². The van der Waals surface area contributed by atoms with Crippen LogP contribution in [-0.4, -0.2) is 22.4 Å². The molecule has 0 amide bonds. The second kappa shape index (κ2) is 10.5. The van der Waals surface area contributed by atoms with Gasteiger partial charge in [-0.25, -0.2) is 0 Å². The van der Waals surface area contributed by atoms with Crippen molar-refractivity contribution in [1.82, 2.24) is 0 Å². The minimum atomic E-state index is -0.447. The molecule has 0 aromatic heterocycles. The zero-order chi connectivity index (χ0) is 18.9. The Balaban J connectivity index is 1.74. The van der Waals surface area contributed by atoms with Crippen LogP contribution in [0.5, 0.6) is 0 Å². The van der Waals surface area contributed by atoms with Gasteiger partial charge >= 0.3 is 0 Å². The topological polar surface area (TPSA) is 40.5 Å². The molecule has 26 heavy (non-hydrogen) atoms. The van der Waals surface area contributed by atoms with Crippen LogP contribution in [0.25, 0.3) is 0 Å². The number of benzene rings is 1. The fourth-order valence-corrected chi connectivity index (χ4v) is 3.54. The van der Waals surface area contributed by atoms with E-state index in [2.05, 4.69) is 56.3 Å². The van der Waals surface area contributed by atoms with Crippen molar-refractivity contribution in [2.45, 2.75) is 65.1 Å². The monoisotopic (exact) mass is 354 g/mol.